The lowest BCUT2D eigenvalue weighted by Gasteiger charge is -2.24. The van der Waals surface area contributed by atoms with E-state index < -0.39 is 5.41 Å². The number of aliphatic hydroxyl groups is 3. The molecule has 3 nitrogen and oxygen atoms in total. The summed E-state index contributed by atoms with van der Waals surface area (Å²) in [5.41, 5.74) is -0.667. The zero-order chi connectivity index (χ0) is 7.33. The van der Waals surface area contributed by atoms with Gasteiger partial charge in [0.2, 0.25) is 0 Å². The summed E-state index contributed by atoms with van der Waals surface area (Å²) in [7, 11) is 0. The zero-order valence-electron chi connectivity index (χ0n) is 6.08. The van der Waals surface area contributed by atoms with Crippen LogP contribution >= 0.6 is 12.4 Å². The molecule has 0 fully saturated rings. The van der Waals surface area contributed by atoms with Gasteiger partial charge in [-0.15, -0.1) is 12.4 Å². The summed E-state index contributed by atoms with van der Waals surface area (Å²) < 4.78 is 0. The van der Waals surface area contributed by atoms with Gasteiger partial charge in [0, 0.05) is 5.41 Å². The van der Waals surface area contributed by atoms with Crippen LogP contribution in [0.25, 0.3) is 0 Å². The first kappa shape index (κ1) is 12.8. The number of aliphatic hydroxyl groups excluding tert-OH is 3. The molecule has 0 saturated carbocycles. The molecule has 0 heterocycles. The Labute approximate surface area is 67.1 Å². The molecule has 0 rings (SSSR count). The van der Waals surface area contributed by atoms with Crippen molar-refractivity contribution in [2.24, 2.45) is 5.41 Å². The van der Waals surface area contributed by atoms with Crippen LogP contribution in [0.2, 0.25) is 0 Å². The van der Waals surface area contributed by atoms with E-state index in [1.54, 1.807) is 0 Å². The summed E-state index contributed by atoms with van der Waals surface area (Å²) in [6.45, 7) is 1.35. The summed E-state index contributed by atoms with van der Waals surface area (Å²) in [6, 6.07) is 0. The van der Waals surface area contributed by atoms with E-state index in [-0.39, 0.29) is 32.2 Å². The van der Waals surface area contributed by atoms with Gasteiger partial charge in [0.25, 0.3) is 0 Å². The molecule has 0 unspecified atom stereocenters. The summed E-state index contributed by atoms with van der Waals surface area (Å²) in [5, 5.41) is 26.0. The first-order valence-corrected chi connectivity index (χ1v) is 3.07. The second kappa shape index (κ2) is 5.92. The lowest BCUT2D eigenvalue weighted by Crippen LogP contribution is -2.32. The van der Waals surface area contributed by atoms with E-state index >= 15 is 0 Å². The van der Waals surface area contributed by atoms with Gasteiger partial charge in [-0.3, -0.25) is 0 Å². The Morgan fingerprint density at radius 2 is 1.30 bits per heavy atom. The lowest BCUT2D eigenvalue weighted by molar-refractivity contribution is 0.00304. The maximum atomic E-state index is 8.66. The van der Waals surface area contributed by atoms with E-state index in [1.807, 2.05) is 6.92 Å². The molecule has 0 aliphatic heterocycles. The highest BCUT2D eigenvalue weighted by Gasteiger charge is 2.24. The smallest absolute Gasteiger partial charge is 0.0531 e. The summed E-state index contributed by atoms with van der Waals surface area (Å²) in [4.78, 5) is 0. The van der Waals surface area contributed by atoms with E-state index in [1.165, 1.54) is 0 Å². The molecule has 0 bridgehead atoms. The van der Waals surface area contributed by atoms with E-state index in [0.717, 1.165) is 0 Å². The van der Waals surface area contributed by atoms with E-state index in [4.69, 9.17) is 15.3 Å². The van der Waals surface area contributed by atoms with Crippen LogP contribution < -0.4 is 0 Å². The number of halogens is 1. The number of hydrogen-bond acceptors (Lipinski definition) is 3. The maximum absolute atomic E-state index is 8.66. The Balaban J connectivity index is 0. The average molecular weight is 171 g/mol. The topological polar surface area (TPSA) is 60.7 Å². The molecular formula is C6H15ClO3. The second-order valence-electron chi connectivity index (χ2n) is 2.33. The van der Waals surface area contributed by atoms with Crippen LogP contribution in [-0.2, 0) is 0 Å². The Morgan fingerprint density at radius 1 is 1.00 bits per heavy atom. The van der Waals surface area contributed by atoms with Gasteiger partial charge in [0.05, 0.1) is 19.8 Å². The van der Waals surface area contributed by atoms with Crippen molar-refractivity contribution >= 4 is 12.4 Å². The van der Waals surface area contributed by atoms with Gasteiger partial charge >= 0.3 is 0 Å². The standard InChI is InChI=1S/C6H14O3.ClH/c1-2-6(3-7,4-8)5-9;/h7-9H,2-5H2,1H3;1H. The summed E-state index contributed by atoms with van der Waals surface area (Å²) in [5.74, 6) is 0. The predicted molar refractivity (Wildman–Crippen MR) is 41.2 cm³/mol. The largest absolute Gasteiger partial charge is 0.396 e. The van der Waals surface area contributed by atoms with E-state index in [9.17, 15) is 0 Å². The molecule has 0 aromatic carbocycles. The molecule has 64 valence electrons. The Hall–Kier alpha value is 0.170. The van der Waals surface area contributed by atoms with Crippen LogP contribution in [0, 0.1) is 5.41 Å². The summed E-state index contributed by atoms with van der Waals surface area (Å²) >= 11 is 0. The van der Waals surface area contributed by atoms with Crippen molar-refractivity contribution in [1.29, 1.82) is 0 Å². The van der Waals surface area contributed by atoms with Gasteiger partial charge in [0.1, 0.15) is 0 Å². The normalized spacial score (nSPS) is 10.8. The Morgan fingerprint density at radius 3 is 1.30 bits per heavy atom. The van der Waals surface area contributed by atoms with E-state index in [0.29, 0.717) is 6.42 Å². The molecular weight excluding hydrogens is 156 g/mol. The Kier molecular flexibility index (Phi) is 7.58. The molecule has 0 aliphatic carbocycles. The average Bonchev–Trinajstić information content (AvgIpc) is 1.95. The molecule has 0 spiro atoms. The molecule has 0 saturated heterocycles. The highest BCUT2D eigenvalue weighted by molar-refractivity contribution is 5.85. The monoisotopic (exact) mass is 170 g/mol. The predicted octanol–water partition coefficient (Wildman–Crippen LogP) is -0.218. The van der Waals surface area contributed by atoms with Gasteiger partial charge in [-0.25, -0.2) is 0 Å². The molecule has 0 aromatic rings. The minimum atomic E-state index is -0.667. The van der Waals surface area contributed by atoms with Crippen molar-refractivity contribution in [2.75, 3.05) is 19.8 Å². The van der Waals surface area contributed by atoms with Gasteiger partial charge in [-0.1, -0.05) is 6.92 Å². The van der Waals surface area contributed by atoms with Crippen molar-refractivity contribution < 1.29 is 15.3 Å². The maximum Gasteiger partial charge on any atom is 0.0531 e. The van der Waals surface area contributed by atoms with Crippen LogP contribution in [0.4, 0.5) is 0 Å². The molecule has 0 aliphatic rings. The van der Waals surface area contributed by atoms with Crippen molar-refractivity contribution in [1.82, 2.24) is 0 Å². The minimum Gasteiger partial charge on any atom is -0.396 e. The fraction of sp³-hybridized carbons (Fsp3) is 1.00. The van der Waals surface area contributed by atoms with Crippen molar-refractivity contribution in [2.45, 2.75) is 13.3 Å². The molecule has 0 atom stereocenters. The minimum absolute atomic E-state index is 0. The quantitative estimate of drug-likeness (QED) is 0.547. The first-order chi connectivity index (χ1) is 4.24. The third kappa shape index (κ3) is 2.84. The fourth-order valence-electron chi connectivity index (χ4n) is 0.485. The van der Waals surface area contributed by atoms with Gasteiger partial charge in [-0.2, -0.15) is 0 Å². The lowest BCUT2D eigenvalue weighted by atomic mass is 9.88. The number of rotatable bonds is 4. The molecule has 0 radical (unpaired) electrons. The van der Waals surface area contributed by atoms with Gasteiger partial charge in [0.15, 0.2) is 0 Å². The molecule has 0 aromatic heterocycles. The van der Waals surface area contributed by atoms with Crippen LogP contribution in [0.3, 0.4) is 0 Å². The van der Waals surface area contributed by atoms with Crippen molar-refractivity contribution in [3.05, 3.63) is 0 Å². The van der Waals surface area contributed by atoms with Crippen LogP contribution in [0.1, 0.15) is 13.3 Å². The zero-order valence-corrected chi connectivity index (χ0v) is 6.89. The first-order valence-electron chi connectivity index (χ1n) is 3.07. The third-order valence-electron chi connectivity index (χ3n) is 1.76. The Bertz CT molecular complexity index is 55.9. The van der Waals surface area contributed by atoms with E-state index in [2.05, 4.69) is 0 Å². The van der Waals surface area contributed by atoms with Crippen molar-refractivity contribution in [3.8, 4) is 0 Å². The molecule has 3 N–H and O–H groups in total. The molecule has 10 heavy (non-hydrogen) atoms. The SMILES string of the molecule is CCC(CO)(CO)CO.Cl. The number of hydrogen-bond donors (Lipinski definition) is 3. The van der Waals surface area contributed by atoms with Crippen LogP contribution in [0.5, 0.6) is 0 Å². The van der Waals surface area contributed by atoms with Crippen molar-refractivity contribution in [3.63, 3.8) is 0 Å². The van der Waals surface area contributed by atoms with Gasteiger partial charge in [-0.05, 0) is 6.42 Å². The third-order valence-corrected chi connectivity index (χ3v) is 1.76. The van der Waals surface area contributed by atoms with Gasteiger partial charge < -0.3 is 15.3 Å². The molecule has 0 amide bonds. The highest BCUT2D eigenvalue weighted by atomic mass is 35.5. The highest BCUT2D eigenvalue weighted by Crippen LogP contribution is 2.18. The fourth-order valence-corrected chi connectivity index (χ4v) is 0.485. The summed E-state index contributed by atoms with van der Waals surface area (Å²) in [6.07, 6.45) is 0.594. The van der Waals surface area contributed by atoms with Crippen LogP contribution in [0.15, 0.2) is 0 Å². The molecule has 4 heteroatoms. The van der Waals surface area contributed by atoms with Crippen LogP contribution in [-0.4, -0.2) is 35.1 Å². The second-order valence-corrected chi connectivity index (χ2v) is 2.33.